The second kappa shape index (κ2) is 3.32. The molecular formula is C4H3B3N3O. The smallest absolute Gasteiger partial charge is 0.305 e. The molecule has 0 saturated carbocycles. The second-order valence-electron chi connectivity index (χ2n) is 1.74. The predicted molar refractivity (Wildman–Crippen MR) is 44.0 cm³/mol. The van der Waals surface area contributed by atoms with E-state index < -0.39 is 0 Å². The molecule has 0 unspecified atom stereocenters. The van der Waals surface area contributed by atoms with Crippen LogP contribution in [0.1, 0.15) is 0 Å². The SMILES string of the molecule is [B][B]Oc1ncc([B])nc1N. The van der Waals surface area contributed by atoms with E-state index in [9.17, 15) is 0 Å². The molecule has 7 heteroatoms. The average Bonchev–Trinajstić information content (AvgIpc) is 1.95. The lowest BCUT2D eigenvalue weighted by molar-refractivity contribution is 0.582. The summed E-state index contributed by atoms with van der Waals surface area (Å²) in [5, 5.41) is 0. The number of hydrogen-bond donors (Lipinski definition) is 1. The summed E-state index contributed by atoms with van der Waals surface area (Å²) in [7, 11) is 11.2. The molecule has 0 amide bonds. The number of nitrogen functional groups attached to an aromatic ring is 1. The van der Waals surface area contributed by atoms with Crippen LogP contribution in [0.4, 0.5) is 5.82 Å². The molecule has 4 nitrogen and oxygen atoms in total. The van der Waals surface area contributed by atoms with Gasteiger partial charge in [0.05, 0.1) is 7.74 Å². The Labute approximate surface area is 67.6 Å². The normalized spacial score (nSPS) is 9.09. The number of nitrogens with two attached hydrogens (primary N) is 1. The molecule has 0 spiro atoms. The van der Waals surface area contributed by atoms with Crippen molar-refractivity contribution in [2.45, 2.75) is 0 Å². The van der Waals surface area contributed by atoms with Crippen molar-refractivity contribution in [3.05, 3.63) is 6.20 Å². The van der Waals surface area contributed by atoms with Gasteiger partial charge in [0, 0.05) is 11.8 Å². The molecule has 11 heavy (non-hydrogen) atoms. The summed E-state index contributed by atoms with van der Waals surface area (Å²) in [4.78, 5) is 7.41. The van der Waals surface area contributed by atoms with Crippen molar-refractivity contribution >= 4 is 34.4 Å². The van der Waals surface area contributed by atoms with Gasteiger partial charge in [-0.1, -0.05) is 0 Å². The standard InChI is InChI=1S/C4H3B3N3O/c5-2-1-9-4(11-7-6)3(8)10-2/h1H,(H2,8,10). The van der Waals surface area contributed by atoms with Gasteiger partial charge in [-0.05, 0) is 0 Å². The molecule has 0 bridgehead atoms. The lowest BCUT2D eigenvalue weighted by Crippen LogP contribution is -2.14. The highest BCUT2D eigenvalue weighted by Gasteiger charge is 2.00. The third kappa shape index (κ3) is 1.90. The van der Waals surface area contributed by atoms with E-state index in [4.69, 9.17) is 26.0 Å². The summed E-state index contributed by atoms with van der Waals surface area (Å²) in [6.07, 6.45) is 1.33. The molecule has 0 aliphatic carbocycles. The van der Waals surface area contributed by atoms with Crippen LogP contribution in [0.25, 0.3) is 0 Å². The summed E-state index contributed by atoms with van der Waals surface area (Å²) in [6, 6.07) is 0. The third-order valence-corrected chi connectivity index (χ3v) is 0.962. The highest BCUT2D eigenvalue weighted by atomic mass is 16.4. The quantitative estimate of drug-likeness (QED) is 0.481. The van der Waals surface area contributed by atoms with Crippen LogP contribution in [-0.2, 0) is 0 Å². The average molecular weight is 142 g/mol. The van der Waals surface area contributed by atoms with Crippen molar-refractivity contribution in [1.82, 2.24) is 9.97 Å². The van der Waals surface area contributed by atoms with Crippen molar-refractivity contribution < 1.29 is 4.65 Å². The van der Waals surface area contributed by atoms with Gasteiger partial charge in [0.1, 0.15) is 7.85 Å². The highest BCUT2D eigenvalue weighted by Crippen LogP contribution is 2.09. The number of anilines is 1. The monoisotopic (exact) mass is 142 g/mol. The van der Waals surface area contributed by atoms with Crippen molar-refractivity contribution in [1.29, 1.82) is 0 Å². The maximum Gasteiger partial charge on any atom is 0.305 e. The third-order valence-electron chi connectivity index (χ3n) is 0.962. The molecule has 0 fully saturated rings. The van der Waals surface area contributed by atoms with Gasteiger partial charge in [0.15, 0.2) is 5.82 Å². The largest absolute Gasteiger partial charge is 0.559 e. The molecule has 0 atom stereocenters. The molecule has 1 aromatic heterocycles. The molecule has 1 rings (SSSR count). The van der Waals surface area contributed by atoms with Crippen LogP contribution in [0.5, 0.6) is 5.88 Å². The van der Waals surface area contributed by atoms with Crippen LogP contribution in [0, 0.1) is 0 Å². The minimum atomic E-state index is 0.117. The van der Waals surface area contributed by atoms with E-state index >= 15 is 0 Å². The fourth-order valence-corrected chi connectivity index (χ4v) is 0.562. The van der Waals surface area contributed by atoms with Gasteiger partial charge in [-0.15, -0.1) is 0 Å². The molecule has 49 valence electrons. The molecular weight excluding hydrogens is 138 g/mol. The number of nitrogens with zero attached hydrogens (tertiary/aromatic N) is 2. The second-order valence-corrected chi connectivity index (χ2v) is 1.74. The van der Waals surface area contributed by atoms with Crippen LogP contribution in [-0.4, -0.2) is 32.9 Å². The van der Waals surface area contributed by atoms with Gasteiger partial charge < -0.3 is 10.4 Å². The van der Waals surface area contributed by atoms with Gasteiger partial charge in [0.2, 0.25) is 5.88 Å². The Morgan fingerprint density at radius 1 is 1.64 bits per heavy atom. The van der Waals surface area contributed by atoms with Crippen molar-refractivity contribution in [3.63, 3.8) is 0 Å². The van der Waals surface area contributed by atoms with E-state index in [0.29, 0.717) is 0 Å². The van der Waals surface area contributed by atoms with Crippen LogP contribution < -0.4 is 16.0 Å². The molecule has 1 heterocycles. The van der Waals surface area contributed by atoms with Crippen molar-refractivity contribution in [2.24, 2.45) is 0 Å². The minimum Gasteiger partial charge on any atom is -0.559 e. The Bertz CT molecular complexity index is 256. The zero-order valence-electron chi connectivity index (χ0n) is 5.69. The van der Waals surface area contributed by atoms with Crippen LogP contribution in [0.2, 0.25) is 0 Å². The van der Waals surface area contributed by atoms with E-state index in [1.807, 2.05) is 0 Å². The van der Waals surface area contributed by atoms with E-state index in [0.717, 1.165) is 7.37 Å². The molecule has 0 aliphatic rings. The maximum absolute atomic E-state index is 5.35. The Morgan fingerprint density at radius 3 is 2.91 bits per heavy atom. The van der Waals surface area contributed by atoms with Gasteiger partial charge >= 0.3 is 7.37 Å². The van der Waals surface area contributed by atoms with Crippen molar-refractivity contribution in [2.75, 3.05) is 5.73 Å². The van der Waals surface area contributed by atoms with Crippen molar-refractivity contribution in [3.8, 4) is 5.88 Å². The first-order valence-electron chi connectivity index (χ1n) is 2.82. The fraction of sp³-hybridized carbons (Fsp3) is 0. The number of rotatable bonds is 2. The summed E-state index contributed by atoms with van der Waals surface area (Å²) in [5.41, 5.74) is 5.60. The summed E-state index contributed by atoms with van der Waals surface area (Å²) >= 11 is 0. The minimum absolute atomic E-state index is 0.117. The van der Waals surface area contributed by atoms with Crippen LogP contribution >= 0.6 is 0 Å². The lowest BCUT2D eigenvalue weighted by atomic mass is 9.72. The summed E-state index contributed by atoms with van der Waals surface area (Å²) in [5.74, 6) is 0.272. The highest BCUT2D eigenvalue weighted by molar-refractivity contribution is 6.85. The number of hydrogen-bond acceptors (Lipinski definition) is 4. The number of aromatic nitrogens is 2. The van der Waals surface area contributed by atoms with Crippen LogP contribution in [0.3, 0.4) is 0 Å². The first-order valence-corrected chi connectivity index (χ1v) is 2.82. The Balaban J connectivity index is 2.90. The zero-order valence-corrected chi connectivity index (χ0v) is 5.69. The fourth-order valence-electron chi connectivity index (χ4n) is 0.562. The molecule has 1 aromatic rings. The van der Waals surface area contributed by atoms with E-state index in [2.05, 4.69) is 9.97 Å². The lowest BCUT2D eigenvalue weighted by Gasteiger charge is -2.04. The van der Waals surface area contributed by atoms with E-state index in [1.165, 1.54) is 6.20 Å². The van der Waals surface area contributed by atoms with Crippen LogP contribution in [0.15, 0.2) is 6.20 Å². The molecule has 5 radical (unpaired) electrons. The van der Waals surface area contributed by atoms with Gasteiger partial charge in [0.25, 0.3) is 0 Å². The predicted octanol–water partition coefficient (Wildman–Crippen LogP) is -2.07. The summed E-state index contributed by atoms with van der Waals surface area (Å²) < 4.78 is 4.69. The Morgan fingerprint density at radius 2 is 2.36 bits per heavy atom. The van der Waals surface area contributed by atoms with Gasteiger partial charge in [-0.2, -0.15) is 0 Å². The van der Waals surface area contributed by atoms with E-state index in [1.54, 1.807) is 0 Å². The van der Waals surface area contributed by atoms with E-state index in [-0.39, 0.29) is 17.3 Å². The maximum atomic E-state index is 5.35. The Kier molecular flexibility index (Phi) is 2.41. The first kappa shape index (κ1) is 7.98. The summed E-state index contributed by atoms with van der Waals surface area (Å²) in [6.45, 7) is 0. The molecule has 0 aliphatic heterocycles. The topological polar surface area (TPSA) is 61.0 Å². The molecule has 0 aromatic carbocycles. The molecule has 0 saturated heterocycles. The zero-order chi connectivity index (χ0) is 8.27. The first-order chi connectivity index (χ1) is 5.24. The molecule has 2 N–H and O–H groups in total. The van der Waals surface area contributed by atoms with Gasteiger partial charge in [-0.25, -0.2) is 9.97 Å². The Hall–Kier alpha value is -1.13. The van der Waals surface area contributed by atoms with Gasteiger partial charge in [-0.3, -0.25) is 0 Å².